The van der Waals surface area contributed by atoms with Gasteiger partial charge >= 0.3 is 6.09 Å². The zero-order valence-corrected chi connectivity index (χ0v) is 19.7. The van der Waals surface area contributed by atoms with E-state index in [0.717, 1.165) is 18.8 Å². The Labute approximate surface area is 190 Å². The largest absolute Gasteiger partial charge is 0.447 e. The van der Waals surface area contributed by atoms with E-state index >= 15 is 0 Å². The standard InChI is InChI=1S/C26H33N3O3/c1-18-6-11-22(19(2)16-18)27-12-14-28(15-13-27)24(30)20-7-9-21(10-8-20)29-23(26(3,4)5)17-32-25(29)31/h6-11,16,23H,12-15,17H2,1-5H3. The number of carbonyl (C=O) groups excluding carboxylic acids is 2. The molecule has 0 saturated carbocycles. The minimum atomic E-state index is -0.327. The number of hydrogen-bond donors (Lipinski definition) is 0. The fourth-order valence-electron chi connectivity index (χ4n) is 4.60. The van der Waals surface area contributed by atoms with Gasteiger partial charge in [0, 0.05) is 43.1 Å². The Morgan fingerprint density at radius 3 is 2.22 bits per heavy atom. The first-order valence-electron chi connectivity index (χ1n) is 11.3. The zero-order valence-electron chi connectivity index (χ0n) is 19.7. The minimum Gasteiger partial charge on any atom is -0.447 e. The molecule has 0 N–H and O–H groups in total. The molecule has 2 aliphatic heterocycles. The Morgan fingerprint density at radius 1 is 0.969 bits per heavy atom. The van der Waals surface area contributed by atoms with Crippen LogP contribution in [-0.2, 0) is 4.74 Å². The topological polar surface area (TPSA) is 53.1 Å². The van der Waals surface area contributed by atoms with Crippen LogP contribution in [0, 0.1) is 19.3 Å². The number of hydrogen-bond acceptors (Lipinski definition) is 4. The molecule has 0 aromatic heterocycles. The molecule has 2 aromatic carbocycles. The summed E-state index contributed by atoms with van der Waals surface area (Å²) in [6.07, 6.45) is -0.327. The van der Waals surface area contributed by atoms with E-state index in [-0.39, 0.29) is 23.5 Å². The second kappa shape index (κ2) is 8.49. The van der Waals surface area contributed by atoms with E-state index in [1.807, 2.05) is 29.2 Å². The van der Waals surface area contributed by atoms with Gasteiger partial charge in [0.1, 0.15) is 6.61 Å². The van der Waals surface area contributed by atoms with Crippen LogP contribution in [0.2, 0.25) is 0 Å². The molecular weight excluding hydrogens is 402 g/mol. The Kier molecular flexibility index (Phi) is 5.89. The van der Waals surface area contributed by atoms with Crippen molar-refractivity contribution in [3.8, 4) is 0 Å². The molecule has 4 rings (SSSR count). The molecule has 2 fully saturated rings. The summed E-state index contributed by atoms with van der Waals surface area (Å²) in [6.45, 7) is 14.0. The Balaban J connectivity index is 1.42. The molecule has 2 saturated heterocycles. The van der Waals surface area contributed by atoms with Crippen LogP contribution < -0.4 is 9.80 Å². The van der Waals surface area contributed by atoms with Crippen LogP contribution >= 0.6 is 0 Å². The average Bonchev–Trinajstić information content (AvgIpc) is 3.15. The van der Waals surface area contributed by atoms with Crippen molar-refractivity contribution in [3.05, 3.63) is 59.2 Å². The summed E-state index contributed by atoms with van der Waals surface area (Å²) in [5.41, 5.74) is 5.10. The normalized spacial score (nSPS) is 19.3. The molecular formula is C26H33N3O3. The van der Waals surface area contributed by atoms with Gasteiger partial charge in [-0.3, -0.25) is 9.69 Å². The highest BCUT2D eigenvalue weighted by Gasteiger charge is 2.41. The molecule has 170 valence electrons. The lowest BCUT2D eigenvalue weighted by Gasteiger charge is -2.37. The molecule has 0 aliphatic carbocycles. The molecule has 1 atom stereocenters. The predicted molar refractivity (Wildman–Crippen MR) is 128 cm³/mol. The number of carbonyl (C=O) groups is 2. The summed E-state index contributed by atoms with van der Waals surface area (Å²) in [7, 11) is 0. The molecule has 6 heteroatoms. The van der Waals surface area contributed by atoms with Crippen molar-refractivity contribution in [2.45, 2.75) is 40.7 Å². The van der Waals surface area contributed by atoms with E-state index in [4.69, 9.17) is 4.74 Å². The smallest absolute Gasteiger partial charge is 0.414 e. The number of anilines is 2. The maximum Gasteiger partial charge on any atom is 0.414 e. The highest BCUT2D eigenvalue weighted by atomic mass is 16.6. The van der Waals surface area contributed by atoms with Crippen LogP contribution in [0.3, 0.4) is 0 Å². The van der Waals surface area contributed by atoms with E-state index < -0.39 is 0 Å². The minimum absolute atomic E-state index is 0.0325. The van der Waals surface area contributed by atoms with Crippen molar-refractivity contribution in [1.82, 2.24) is 4.90 Å². The molecule has 32 heavy (non-hydrogen) atoms. The highest BCUT2D eigenvalue weighted by Crippen LogP contribution is 2.33. The zero-order chi connectivity index (χ0) is 23.0. The van der Waals surface area contributed by atoms with Gasteiger partial charge in [-0.05, 0) is 55.2 Å². The first-order valence-corrected chi connectivity index (χ1v) is 11.3. The fraction of sp³-hybridized carbons (Fsp3) is 0.462. The number of ether oxygens (including phenoxy) is 1. The average molecular weight is 436 g/mol. The Morgan fingerprint density at radius 2 is 1.62 bits per heavy atom. The van der Waals surface area contributed by atoms with Gasteiger partial charge in [0.15, 0.2) is 0 Å². The molecule has 0 bridgehead atoms. The lowest BCUT2D eigenvalue weighted by atomic mass is 9.86. The monoisotopic (exact) mass is 435 g/mol. The van der Waals surface area contributed by atoms with Crippen LogP contribution in [0.1, 0.15) is 42.3 Å². The predicted octanol–water partition coefficient (Wildman–Crippen LogP) is 4.64. The number of benzene rings is 2. The van der Waals surface area contributed by atoms with Gasteiger partial charge in [-0.2, -0.15) is 0 Å². The lowest BCUT2D eigenvalue weighted by molar-refractivity contribution is 0.0746. The Hall–Kier alpha value is -3.02. The number of piperazine rings is 1. The second-order valence-corrected chi connectivity index (χ2v) is 9.94. The number of nitrogens with zero attached hydrogens (tertiary/aromatic N) is 3. The summed E-state index contributed by atoms with van der Waals surface area (Å²) < 4.78 is 5.30. The number of amides is 2. The molecule has 2 aliphatic rings. The van der Waals surface area contributed by atoms with Crippen molar-refractivity contribution in [3.63, 3.8) is 0 Å². The van der Waals surface area contributed by atoms with Gasteiger partial charge < -0.3 is 14.5 Å². The SMILES string of the molecule is Cc1ccc(N2CCN(C(=O)c3ccc(N4C(=O)OCC4C(C)(C)C)cc3)CC2)c(C)c1. The van der Waals surface area contributed by atoms with Crippen molar-refractivity contribution < 1.29 is 14.3 Å². The van der Waals surface area contributed by atoms with Crippen molar-refractivity contribution in [1.29, 1.82) is 0 Å². The van der Waals surface area contributed by atoms with Crippen LogP contribution in [0.5, 0.6) is 0 Å². The van der Waals surface area contributed by atoms with Crippen LogP contribution in [-0.4, -0.2) is 55.7 Å². The fourth-order valence-corrected chi connectivity index (χ4v) is 4.60. The van der Waals surface area contributed by atoms with Crippen LogP contribution in [0.4, 0.5) is 16.2 Å². The first-order chi connectivity index (χ1) is 15.1. The third-order valence-corrected chi connectivity index (χ3v) is 6.53. The molecule has 2 aromatic rings. The Bertz CT molecular complexity index is 1000. The van der Waals surface area contributed by atoms with Gasteiger partial charge in [0.2, 0.25) is 0 Å². The molecule has 2 heterocycles. The third-order valence-electron chi connectivity index (χ3n) is 6.53. The number of aryl methyl sites for hydroxylation is 2. The van der Waals surface area contributed by atoms with E-state index in [1.165, 1.54) is 16.8 Å². The van der Waals surface area contributed by atoms with Crippen molar-refractivity contribution in [2.75, 3.05) is 42.6 Å². The number of rotatable bonds is 3. The molecule has 1 unspecified atom stereocenters. The molecule has 0 radical (unpaired) electrons. The highest BCUT2D eigenvalue weighted by molar-refractivity contribution is 5.96. The first kappa shape index (κ1) is 22.2. The van der Waals surface area contributed by atoms with Gasteiger partial charge in [-0.25, -0.2) is 4.79 Å². The molecule has 0 spiro atoms. The van der Waals surface area contributed by atoms with E-state index in [1.54, 1.807) is 4.90 Å². The maximum atomic E-state index is 13.1. The van der Waals surface area contributed by atoms with Crippen molar-refractivity contribution in [2.24, 2.45) is 5.41 Å². The van der Waals surface area contributed by atoms with Gasteiger partial charge in [0.25, 0.3) is 5.91 Å². The number of cyclic esters (lactones) is 1. The molecule has 6 nitrogen and oxygen atoms in total. The maximum absolute atomic E-state index is 13.1. The van der Waals surface area contributed by atoms with Gasteiger partial charge in [0.05, 0.1) is 6.04 Å². The van der Waals surface area contributed by atoms with Gasteiger partial charge in [-0.1, -0.05) is 38.5 Å². The van der Waals surface area contributed by atoms with Crippen molar-refractivity contribution >= 4 is 23.4 Å². The summed E-state index contributed by atoms with van der Waals surface area (Å²) in [5.74, 6) is 0.0354. The van der Waals surface area contributed by atoms with E-state index in [0.29, 0.717) is 25.3 Å². The van der Waals surface area contributed by atoms with Crippen LogP contribution in [0.15, 0.2) is 42.5 Å². The quantitative estimate of drug-likeness (QED) is 0.705. The summed E-state index contributed by atoms with van der Waals surface area (Å²) >= 11 is 0. The summed E-state index contributed by atoms with van der Waals surface area (Å²) in [5, 5.41) is 0. The second-order valence-electron chi connectivity index (χ2n) is 9.94. The van der Waals surface area contributed by atoms with E-state index in [9.17, 15) is 9.59 Å². The van der Waals surface area contributed by atoms with Crippen LogP contribution in [0.25, 0.3) is 0 Å². The van der Waals surface area contributed by atoms with Gasteiger partial charge in [-0.15, -0.1) is 0 Å². The third kappa shape index (κ3) is 4.31. The summed E-state index contributed by atoms with van der Waals surface area (Å²) in [6, 6.07) is 13.8. The lowest BCUT2D eigenvalue weighted by Crippen LogP contribution is -2.49. The summed E-state index contributed by atoms with van der Waals surface area (Å²) in [4.78, 5) is 31.4. The molecule has 2 amide bonds. The van der Waals surface area contributed by atoms with E-state index in [2.05, 4.69) is 57.7 Å².